The van der Waals surface area contributed by atoms with E-state index in [1.54, 1.807) is 12.4 Å². The van der Waals surface area contributed by atoms with E-state index in [-0.39, 0.29) is 0 Å². The van der Waals surface area contributed by atoms with Crippen LogP contribution in [0.5, 0.6) is 0 Å². The summed E-state index contributed by atoms with van der Waals surface area (Å²) in [6.07, 6.45) is 5.40. The first-order chi connectivity index (χ1) is 8.43. The lowest BCUT2D eigenvalue weighted by molar-refractivity contribution is 1.06. The first-order valence-corrected chi connectivity index (χ1v) is 5.35. The maximum atomic E-state index is 4.08. The standard InChI is InChI=1S/C12H11N5/c1-2-4-11-10(3-1)12(8-16-17-11)13-5-9-6-14-15-7-9/h1-4,6-8H,5H2,(H,13,17)(H,14,15). The van der Waals surface area contributed by atoms with E-state index in [9.17, 15) is 0 Å². The van der Waals surface area contributed by atoms with Gasteiger partial charge in [0.1, 0.15) is 0 Å². The molecule has 3 rings (SSSR count). The fourth-order valence-electron chi connectivity index (χ4n) is 1.72. The lowest BCUT2D eigenvalue weighted by Gasteiger charge is -2.06. The van der Waals surface area contributed by atoms with E-state index in [1.165, 1.54) is 0 Å². The van der Waals surface area contributed by atoms with Crippen molar-refractivity contribution in [2.75, 3.05) is 5.32 Å². The second kappa shape index (κ2) is 4.21. The third-order valence-electron chi connectivity index (χ3n) is 2.58. The molecule has 0 aliphatic rings. The van der Waals surface area contributed by atoms with Gasteiger partial charge in [0.05, 0.1) is 23.6 Å². The molecule has 17 heavy (non-hydrogen) atoms. The number of aromatic amines is 1. The predicted molar refractivity (Wildman–Crippen MR) is 65.5 cm³/mol. The molecule has 0 aliphatic heterocycles. The molecule has 0 aliphatic carbocycles. The van der Waals surface area contributed by atoms with Crippen LogP contribution in [0.4, 0.5) is 5.69 Å². The Bertz CT molecular complexity index is 612. The van der Waals surface area contributed by atoms with Crippen LogP contribution >= 0.6 is 0 Å². The van der Waals surface area contributed by atoms with E-state index in [0.717, 1.165) is 22.2 Å². The van der Waals surface area contributed by atoms with Gasteiger partial charge in [0.15, 0.2) is 0 Å². The Morgan fingerprint density at radius 2 is 2.12 bits per heavy atom. The van der Waals surface area contributed by atoms with E-state index in [4.69, 9.17) is 0 Å². The van der Waals surface area contributed by atoms with Crippen molar-refractivity contribution >= 4 is 16.6 Å². The number of rotatable bonds is 3. The molecule has 0 saturated heterocycles. The number of aromatic nitrogens is 4. The van der Waals surface area contributed by atoms with Crippen molar-refractivity contribution in [2.45, 2.75) is 6.54 Å². The zero-order valence-corrected chi connectivity index (χ0v) is 9.09. The van der Waals surface area contributed by atoms with Crippen LogP contribution in [-0.2, 0) is 6.54 Å². The maximum absolute atomic E-state index is 4.08. The predicted octanol–water partition coefficient (Wildman–Crippen LogP) is 1.96. The normalized spacial score (nSPS) is 10.6. The van der Waals surface area contributed by atoms with Crippen molar-refractivity contribution in [1.29, 1.82) is 0 Å². The van der Waals surface area contributed by atoms with E-state index in [2.05, 4.69) is 25.7 Å². The molecular weight excluding hydrogens is 214 g/mol. The van der Waals surface area contributed by atoms with Crippen LogP contribution in [0, 0.1) is 0 Å². The summed E-state index contributed by atoms with van der Waals surface area (Å²) in [5.41, 5.74) is 2.98. The van der Waals surface area contributed by atoms with Crippen LogP contribution in [0.15, 0.2) is 42.9 Å². The van der Waals surface area contributed by atoms with Crippen molar-refractivity contribution in [3.05, 3.63) is 48.4 Å². The van der Waals surface area contributed by atoms with Crippen LogP contribution in [0.25, 0.3) is 10.9 Å². The van der Waals surface area contributed by atoms with Gasteiger partial charge in [0, 0.05) is 23.7 Å². The Balaban J connectivity index is 1.90. The van der Waals surface area contributed by atoms with Crippen LogP contribution in [0.2, 0.25) is 0 Å². The fourth-order valence-corrected chi connectivity index (χ4v) is 1.72. The molecule has 0 amide bonds. The van der Waals surface area contributed by atoms with Gasteiger partial charge in [0.25, 0.3) is 0 Å². The molecule has 0 bridgehead atoms. The van der Waals surface area contributed by atoms with Gasteiger partial charge in [-0.05, 0) is 6.07 Å². The molecule has 3 aromatic rings. The summed E-state index contributed by atoms with van der Waals surface area (Å²) in [5.74, 6) is 0. The summed E-state index contributed by atoms with van der Waals surface area (Å²) in [4.78, 5) is 0. The molecular formula is C12H11N5. The molecule has 1 aromatic carbocycles. The van der Waals surface area contributed by atoms with E-state index < -0.39 is 0 Å². The largest absolute Gasteiger partial charge is 0.379 e. The Morgan fingerprint density at radius 1 is 1.18 bits per heavy atom. The Morgan fingerprint density at radius 3 is 3.00 bits per heavy atom. The monoisotopic (exact) mass is 225 g/mol. The zero-order valence-electron chi connectivity index (χ0n) is 9.09. The summed E-state index contributed by atoms with van der Waals surface area (Å²) >= 11 is 0. The summed E-state index contributed by atoms with van der Waals surface area (Å²) in [6, 6.07) is 7.93. The van der Waals surface area contributed by atoms with Crippen molar-refractivity contribution in [3.63, 3.8) is 0 Å². The smallest absolute Gasteiger partial charge is 0.0950 e. The van der Waals surface area contributed by atoms with Crippen molar-refractivity contribution < 1.29 is 0 Å². The van der Waals surface area contributed by atoms with Gasteiger partial charge in [-0.3, -0.25) is 5.10 Å². The van der Waals surface area contributed by atoms with E-state index in [1.807, 2.05) is 30.5 Å². The zero-order chi connectivity index (χ0) is 11.5. The highest BCUT2D eigenvalue weighted by Gasteiger charge is 2.01. The average molecular weight is 225 g/mol. The average Bonchev–Trinajstić information content (AvgIpc) is 2.89. The quantitative estimate of drug-likeness (QED) is 0.715. The third kappa shape index (κ3) is 1.94. The number of hydrogen-bond donors (Lipinski definition) is 2. The number of H-pyrrole nitrogens is 1. The second-order valence-corrected chi connectivity index (χ2v) is 3.74. The topological polar surface area (TPSA) is 66.5 Å². The Labute approximate surface area is 97.9 Å². The number of fused-ring (bicyclic) bond motifs is 1. The molecule has 0 atom stereocenters. The molecule has 5 nitrogen and oxygen atoms in total. The van der Waals surface area contributed by atoms with Crippen molar-refractivity contribution in [1.82, 2.24) is 20.4 Å². The molecule has 0 unspecified atom stereocenters. The summed E-state index contributed by atoms with van der Waals surface area (Å²) < 4.78 is 0. The van der Waals surface area contributed by atoms with Crippen LogP contribution in [-0.4, -0.2) is 20.4 Å². The number of hydrogen-bond acceptors (Lipinski definition) is 4. The van der Waals surface area contributed by atoms with Crippen LogP contribution < -0.4 is 5.32 Å². The minimum atomic E-state index is 0.714. The summed E-state index contributed by atoms with van der Waals surface area (Å²) in [7, 11) is 0. The molecule has 0 saturated carbocycles. The Hall–Kier alpha value is -2.43. The summed E-state index contributed by atoms with van der Waals surface area (Å²) in [5, 5.41) is 19.1. The minimum Gasteiger partial charge on any atom is -0.379 e. The van der Waals surface area contributed by atoms with Gasteiger partial charge in [0.2, 0.25) is 0 Å². The Kier molecular flexibility index (Phi) is 2.42. The van der Waals surface area contributed by atoms with E-state index in [0.29, 0.717) is 6.54 Å². The van der Waals surface area contributed by atoms with Gasteiger partial charge in [-0.15, -0.1) is 0 Å². The van der Waals surface area contributed by atoms with Gasteiger partial charge < -0.3 is 5.32 Å². The van der Waals surface area contributed by atoms with Gasteiger partial charge >= 0.3 is 0 Å². The molecule has 5 heteroatoms. The lowest BCUT2D eigenvalue weighted by Crippen LogP contribution is -2.00. The van der Waals surface area contributed by atoms with Crippen LogP contribution in [0.3, 0.4) is 0 Å². The highest BCUT2D eigenvalue weighted by atomic mass is 15.1. The number of anilines is 1. The molecule has 0 fully saturated rings. The molecule has 84 valence electrons. The van der Waals surface area contributed by atoms with Crippen molar-refractivity contribution in [3.8, 4) is 0 Å². The van der Waals surface area contributed by atoms with E-state index >= 15 is 0 Å². The molecule has 2 N–H and O–H groups in total. The molecule has 0 spiro atoms. The SMILES string of the molecule is c1ccc2c(NCc3cn[nH]c3)cnnc2c1. The molecule has 0 radical (unpaired) electrons. The number of nitrogens with zero attached hydrogens (tertiary/aromatic N) is 3. The first-order valence-electron chi connectivity index (χ1n) is 5.35. The highest BCUT2D eigenvalue weighted by Crippen LogP contribution is 2.20. The maximum Gasteiger partial charge on any atom is 0.0950 e. The summed E-state index contributed by atoms with van der Waals surface area (Å²) in [6.45, 7) is 0.714. The third-order valence-corrected chi connectivity index (χ3v) is 2.58. The van der Waals surface area contributed by atoms with Gasteiger partial charge in [-0.2, -0.15) is 15.3 Å². The number of nitrogens with one attached hydrogen (secondary N) is 2. The van der Waals surface area contributed by atoms with Crippen molar-refractivity contribution in [2.24, 2.45) is 0 Å². The highest BCUT2D eigenvalue weighted by molar-refractivity contribution is 5.90. The molecule has 2 aromatic heterocycles. The van der Waals surface area contributed by atoms with Gasteiger partial charge in [-0.1, -0.05) is 18.2 Å². The minimum absolute atomic E-state index is 0.714. The fraction of sp³-hybridized carbons (Fsp3) is 0.0833. The molecule has 2 heterocycles. The second-order valence-electron chi connectivity index (χ2n) is 3.74. The lowest BCUT2D eigenvalue weighted by atomic mass is 10.2. The number of benzene rings is 1. The van der Waals surface area contributed by atoms with Gasteiger partial charge in [-0.25, -0.2) is 0 Å². The first kappa shape index (κ1) is 9.77. The van der Waals surface area contributed by atoms with Crippen LogP contribution in [0.1, 0.15) is 5.56 Å².